The molecule has 3 aromatic rings. The SMILES string of the molecule is COc1cc(C(=O)NNC(=O)c2ccc(SCc3cccc(F)c3)c([N+](=O)[O-])c2)cc(OC)c1OC. The fourth-order valence-corrected chi connectivity index (χ4v) is 4.13. The Hall–Kier alpha value is -4.32. The second-order valence-corrected chi connectivity index (χ2v) is 8.20. The van der Waals surface area contributed by atoms with Gasteiger partial charge in [-0.25, -0.2) is 4.39 Å². The molecule has 0 saturated heterocycles. The second kappa shape index (κ2) is 11.9. The van der Waals surface area contributed by atoms with Crippen molar-refractivity contribution < 1.29 is 33.1 Å². The molecule has 188 valence electrons. The lowest BCUT2D eigenvalue weighted by atomic mass is 10.1. The number of carbonyl (C=O) groups excluding carboxylic acids is 2. The van der Waals surface area contributed by atoms with Gasteiger partial charge in [0.15, 0.2) is 11.5 Å². The number of hydrogen-bond donors (Lipinski definition) is 2. The number of hydrogen-bond acceptors (Lipinski definition) is 8. The van der Waals surface area contributed by atoms with Gasteiger partial charge in [-0.15, -0.1) is 11.8 Å². The molecular weight excluding hydrogens is 493 g/mol. The molecule has 0 aromatic heterocycles. The van der Waals surface area contributed by atoms with E-state index in [9.17, 15) is 24.1 Å². The van der Waals surface area contributed by atoms with Crippen molar-refractivity contribution in [2.24, 2.45) is 0 Å². The van der Waals surface area contributed by atoms with Crippen LogP contribution in [0.3, 0.4) is 0 Å². The van der Waals surface area contributed by atoms with E-state index in [-0.39, 0.29) is 28.3 Å². The van der Waals surface area contributed by atoms with Crippen LogP contribution >= 0.6 is 11.8 Å². The van der Waals surface area contributed by atoms with Gasteiger partial charge in [0.25, 0.3) is 17.5 Å². The van der Waals surface area contributed by atoms with Crippen LogP contribution < -0.4 is 25.1 Å². The average molecular weight is 516 g/mol. The summed E-state index contributed by atoms with van der Waals surface area (Å²) in [6.07, 6.45) is 0. The third-order valence-corrected chi connectivity index (χ3v) is 6.05. The number of rotatable bonds is 9. The molecule has 0 aliphatic heterocycles. The first kappa shape index (κ1) is 26.3. The van der Waals surface area contributed by atoms with Gasteiger partial charge in [0.05, 0.1) is 31.1 Å². The highest BCUT2D eigenvalue weighted by molar-refractivity contribution is 7.98. The van der Waals surface area contributed by atoms with Crippen molar-refractivity contribution >= 4 is 29.3 Å². The van der Waals surface area contributed by atoms with Gasteiger partial charge in [0.1, 0.15) is 5.82 Å². The van der Waals surface area contributed by atoms with Crippen molar-refractivity contribution in [2.45, 2.75) is 10.6 Å². The van der Waals surface area contributed by atoms with Crippen molar-refractivity contribution in [3.8, 4) is 17.2 Å². The lowest BCUT2D eigenvalue weighted by Gasteiger charge is -2.14. The largest absolute Gasteiger partial charge is 0.493 e. The first-order valence-corrected chi connectivity index (χ1v) is 11.3. The number of halogens is 1. The standard InChI is InChI=1S/C24H22FN3O7S/c1-33-19-11-16(12-20(34-2)22(19)35-3)24(30)27-26-23(29)15-7-8-21(18(10-15)28(31)32)36-13-14-5-4-6-17(25)9-14/h4-12H,13H2,1-3H3,(H,26,29)(H,27,30). The van der Waals surface area contributed by atoms with E-state index < -0.39 is 22.6 Å². The Morgan fingerprint density at radius 1 is 0.917 bits per heavy atom. The van der Waals surface area contributed by atoms with E-state index in [1.807, 2.05) is 0 Å². The highest BCUT2D eigenvalue weighted by atomic mass is 32.2. The minimum Gasteiger partial charge on any atom is -0.493 e. The van der Waals surface area contributed by atoms with E-state index in [1.165, 1.54) is 57.7 Å². The van der Waals surface area contributed by atoms with Gasteiger partial charge in [0.2, 0.25) is 5.75 Å². The summed E-state index contributed by atoms with van der Waals surface area (Å²) in [5.41, 5.74) is 4.92. The van der Waals surface area contributed by atoms with Crippen molar-refractivity contribution in [1.82, 2.24) is 10.9 Å². The number of nitro benzene ring substituents is 1. The molecule has 36 heavy (non-hydrogen) atoms. The number of nitro groups is 1. The molecular formula is C24H22FN3O7S. The second-order valence-electron chi connectivity index (χ2n) is 7.18. The number of nitrogens with one attached hydrogen (secondary N) is 2. The van der Waals surface area contributed by atoms with Crippen LogP contribution in [0.1, 0.15) is 26.3 Å². The molecule has 0 unspecified atom stereocenters. The molecule has 0 heterocycles. The van der Waals surface area contributed by atoms with Crippen molar-refractivity contribution in [2.75, 3.05) is 21.3 Å². The number of methoxy groups -OCH3 is 3. The Balaban J connectivity index is 1.71. The number of ether oxygens (including phenoxy) is 3. The van der Waals surface area contributed by atoms with Gasteiger partial charge in [-0.1, -0.05) is 12.1 Å². The Labute approximate surface area is 209 Å². The molecule has 3 aromatic carbocycles. The maximum atomic E-state index is 13.4. The molecule has 12 heteroatoms. The fraction of sp³-hybridized carbons (Fsp3) is 0.167. The molecule has 0 atom stereocenters. The minimum atomic E-state index is -0.763. The molecule has 0 fully saturated rings. The smallest absolute Gasteiger partial charge is 0.283 e. The first-order chi connectivity index (χ1) is 17.3. The summed E-state index contributed by atoms with van der Waals surface area (Å²) in [4.78, 5) is 36.4. The van der Waals surface area contributed by atoms with Crippen LogP contribution in [0.2, 0.25) is 0 Å². The molecule has 2 amide bonds. The van der Waals surface area contributed by atoms with Crippen LogP contribution in [0.25, 0.3) is 0 Å². The van der Waals surface area contributed by atoms with Gasteiger partial charge in [-0.05, 0) is 42.0 Å². The zero-order chi connectivity index (χ0) is 26.2. The summed E-state index contributed by atoms with van der Waals surface area (Å²) < 4.78 is 29.0. The minimum absolute atomic E-state index is 0.0398. The third kappa shape index (κ3) is 6.21. The summed E-state index contributed by atoms with van der Waals surface area (Å²) in [6, 6.07) is 12.6. The molecule has 3 rings (SSSR count). The van der Waals surface area contributed by atoms with Crippen LogP contribution in [0, 0.1) is 15.9 Å². The summed E-state index contributed by atoms with van der Waals surface area (Å²) in [5, 5.41) is 11.6. The van der Waals surface area contributed by atoms with Gasteiger partial charge >= 0.3 is 0 Å². The average Bonchev–Trinajstić information content (AvgIpc) is 2.89. The highest BCUT2D eigenvalue weighted by Gasteiger charge is 2.20. The van der Waals surface area contributed by atoms with Crippen LogP contribution in [0.4, 0.5) is 10.1 Å². The predicted octanol–water partition coefficient (Wildman–Crippen LogP) is 4.13. The lowest BCUT2D eigenvalue weighted by molar-refractivity contribution is -0.387. The third-order valence-electron chi connectivity index (χ3n) is 4.92. The van der Waals surface area contributed by atoms with Gasteiger partial charge in [-0.3, -0.25) is 30.6 Å². The van der Waals surface area contributed by atoms with Crippen molar-refractivity contribution in [1.29, 1.82) is 0 Å². The predicted molar refractivity (Wildman–Crippen MR) is 130 cm³/mol. The summed E-state index contributed by atoms with van der Waals surface area (Å²) in [6.45, 7) is 0. The van der Waals surface area contributed by atoms with Gasteiger partial charge < -0.3 is 14.2 Å². The zero-order valence-corrected chi connectivity index (χ0v) is 20.3. The monoisotopic (exact) mass is 515 g/mol. The van der Waals surface area contributed by atoms with Crippen molar-refractivity contribution in [3.05, 3.63) is 87.2 Å². The van der Waals surface area contributed by atoms with E-state index in [2.05, 4.69) is 10.9 Å². The van der Waals surface area contributed by atoms with Gasteiger partial charge in [-0.2, -0.15) is 0 Å². The van der Waals surface area contributed by atoms with Crippen molar-refractivity contribution in [3.63, 3.8) is 0 Å². The van der Waals surface area contributed by atoms with E-state index in [4.69, 9.17) is 14.2 Å². The Kier molecular flexibility index (Phi) is 8.68. The molecule has 2 N–H and O–H groups in total. The number of thioether (sulfide) groups is 1. The molecule has 0 aliphatic rings. The molecule has 0 spiro atoms. The fourth-order valence-electron chi connectivity index (χ4n) is 3.18. The molecule has 0 bridgehead atoms. The number of benzene rings is 3. The zero-order valence-electron chi connectivity index (χ0n) is 19.5. The maximum absolute atomic E-state index is 13.4. The summed E-state index contributed by atoms with van der Waals surface area (Å²) >= 11 is 1.14. The number of hydrazine groups is 1. The quantitative estimate of drug-likeness (QED) is 0.247. The Morgan fingerprint density at radius 3 is 2.11 bits per heavy atom. The maximum Gasteiger partial charge on any atom is 0.283 e. The van der Waals surface area contributed by atoms with Crippen LogP contribution in [0.5, 0.6) is 17.2 Å². The Bertz CT molecular complexity index is 1280. The molecule has 0 radical (unpaired) electrons. The number of nitrogens with zero attached hydrogens (tertiary/aromatic N) is 1. The normalized spacial score (nSPS) is 10.3. The summed E-state index contributed by atoms with van der Waals surface area (Å²) in [5.74, 6) is -0.758. The number of amides is 2. The molecule has 10 nitrogen and oxygen atoms in total. The van der Waals surface area contributed by atoms with Crippen LogP contribution in [0.15, 0.2) is 59.5 Å². The van der Waals surface area contributed by atoms with Crippen LogP contribution in [-0.4, -0.2) is 38.1 Å². The molecule has 0 saturated carbocycles. The first-order valence-electron chi connectivity index (χ1n) is 10.3. The van der Waals surface area contributed by atoms with E-state index in [0.29, 0.717) is 22.0 Å². The van der Waals surface area contributed by atoms with E-state index in [0.717, 1.165) is 17.8 Å². The van der Waals surface area contributed by atoms with E-state index in [1.54, 1.807) is 12.1 Å². The molecule has 0 aliphatic carbocycles. The van der Waals surface area contributed by atoms with E-state index >= 15 is 0 Å². The summed E-state index contributed by atoms with van der Waals surface area (Å²) in [7, 11) is 4.21. The topological polar surface area (TPSA) is 129 Å². The van der Waals surface area contributed by atoms with Gasteiger partial charge in [0, 0.05) is 22.9 Å². The lowest BCUT2D eigenvalue weighted by Crippen LogP contribution is -2.41. The highest BCUT2D eigenvalue weighted by Crippen LogP contribution is 2.38. The number of carbonyl (C=O) groups is 2. The van der Waals surface area contributed by atoms with Crippen LogP contribution in [-0.2, 0) is 5.75 Å². The Morgan fingerprint density at radius 2 is 1.56 bits per heavy atom.